The Morgan fingerprint density at radius 1 is 1.24 bits per heavy atom. The molecule has 7 heteroatoms. The predicted molar refractivity (Wildman–Crippen MR) is 95.7 cm³/mol. The van der Waals surface area contributed by atoms with Gasteiger partial charge in [-0.05, 0) is 42.7 Å². The number of carbonyl (C=O) groups excluding carboxylic acids is 1. The van der Waals surface area contributed by atoms with E-state index in [1.54, 1.807) is 18.2 Å². The number of rotatable bonds is 6. The quantitative estimate of drug-likeness (QED) is 0.821. The number of benzene rings is 2. The van der Waals surface area contributed by atoms with Crippen LogP contribution < -0.4 is 10.0 Å². The summed E-state index contributed by atoms with van der Waals surface area (Å²) in [6.45, 7) is 2.65. The Morgan fingerprint density at radius 2 is 2.00 bits per heavy atom. The molecule has 0 saturated carbocycles. The first-order valence-corrected chi connectivity index (χ1v) is 9.84. The molecule has 1 aliphatic heterocycles. The number of hydrogen-bond donors (Lipinski definition) is 2. The molecule has 1 amide bonds. The van der Waals surface area contributed by atoms with E-state index >= 15 is 0 Å². The molecule has 1 fully saturated rings. The average Bonchev–Trinajstić information content (AvgIpc) is 3.12. The van der Waals surface area contributed by atoms with Crippen LogP contribution in [-0.2, 0) is 19.6 Å². The third kappa shape index (κ3) is 4.36. The van der Waals surface area contributed by atoms with Crippen LogP contribution in [0.5, 0.6) is 0 Å². The number of amides is 1. The van der Waals surface area contributed by atoms with Crippen LogP contribution >= 0.6 is 0 Å². The maximum absolute atomic E-state index is 12.5. The van der Waals surface area contributed by atoms with E-state index in [0.717, 1.165) is 23.6 Å². The van der Waals surface area contributed by atoms with Gasteiger partial charge in [-0.1, -0.05) is 30.3 Å². The van der Waals surface area contributed by atoms with Crippen molar-refractivity contribution in [3.8, 4) is 0 Å². The third-order valence-corrected chi connectivity index (χ3v) is 5.82. The maximum atomic E-state index is 12.5. The summed E-state index contributed by atoms with van der Waals surface area (Å²) in [6, 6.07) is 11.6. The Bertz CT molecular complexity index is 860. The molecular weight excluding hydrogens is 340 g/mol. The van der Waals surface area contributed by atoms with Gasteiger partial charge in [0.05, 0.1) is 17.0 Å². The monoisotopic (exact) mass is 362 g/mol. The second kappa shape index (κ2) is 7.51. The van der Waals surface area contributed by atoms with Crippen LogP contribution in [0.1, 0.15) is 19.8 Å². The van der Waals surface area contributed by atoms with Gasteiger partial charge in [-0.15, -0.1) is 0 Å². The topological polar surface area (TPSA) is 84.5 Å². The van der Waals surface area contributed by atoms with Crippen molar-refractivity contribution >= 4 is 26.7 Å². The molecule has 3 rings (SSSR count). The summed E-state index contributed by atoms with van der Waals surface area (Å²) in [5.74, 6) is -0.361. The molecule has 1 aliphatic rings. The van der Waals surface area contributed by atoms with E-state index in [1.807, 2.05) is 24.3 Å². The number of fused-ring (bicyclic) bond motifs is 1. The molecule has 0 aromatic heterocycles. The lowest BCUT2D eigenvalue weighted by Crippen LogP contribution is -2.46. The summed E-state index contributed by atoms with van der Waals surface area (Å²) in [5, 5.41) is 4.53. The Hall–Kier alpha value is -1.96. The molecule has 2 atom stereocenters. The van der Waals surface area contributed by atoms with Gasteiger partial charge in [-0.25, -0.2) is 8.42 Å². The molecule has 1 saturated heterocycles. The first-order valence-electron chi connectivity index (χ1n) is 8.36. The lowest BCUT2D eigenvalue weighted by atomic mass is 10.1. The maximum Gasteiger partial charge on any atom is 0.241 e. The molecule has 0 spiro atoms. The zero-order valence-corrected chi connectivity index (χ0v) is 14.9. The lowest BCUT2D eigenvalue weighted by Gasteiger charge is -2.16. The van der Waals surface area contributed by atoms with Gasteiger partial charge < -0.3 is 10.1 Å². The van der Waals surface area contributed by atoms with Crippen molar-refractivity contribution in [1.82, 2.24) is 10.0 Å². The highest BCUT2D eigenvalue weighted by atomic mass is 32.2. The summed E-state index contributed by atoms with van der Waals surface area (Å²) >= 11 is 0. The van der Waals surface area contributed by atoms with Gasteiger partial charge in [0.25, 0.3) is 0 Å². The minimum Gasteiger partial charge on any atom is -0.376 e. The molecule has 25 heavy (non-hydrogen) atoms. The third-order valence-electron chi connectivity index (χ3n) is 4.28. The van der Waals surface area contributed by atoms with E-state index < -0.39 is 16.1 Å². The molecular formula is C18H22N2O4S. The van der Waals surface area contributed by atoms with E-state index in [4.69, 9.17) is 4.74 Å². The lowest BCUT2D eigenvalue weighted by molar-refractivity contribution is -0.122. The molecule has 0 bridgehead atoms. The second-order valence-corrected chi connectivity index (χ2v) is 7.95. The molecule has 0 radical (unpaired) electrons. The Morgan fingerprint density at radius 3 is 2.72 bits per heavy atom. The Labute approximate surface area is 147 Å². The Kier molecular flexibility index (Phi) is 5.36. The zero-order valence-electron chi connectivity index (χ0n) is 14.1. The first-order chi connectivity index (χ1) is 12.0. The first kappa shape index (κ1) is 17.8. The van der Waals surface area contributed by atoms with E-state index in [-0.39, 0.29) is 16.9 Å². The number of hydrogen-bond acceptors (Lipinski definition) is 4. The molecule has 2 aromatic rings. The van der Waals surface area contributed by atoms with E-state index in [9.17, 15) is 13.2 Å². The molecule has 134 valence electrons. The fourth-order valence-electron chi connectivity index (χ4n) is 2.86. The van der Waals surface area contributed by atoms with Crippen LogP contribution in [0.25, 0.3) is 10.8 Å². The van der Waals surface area contributed by atoms with Crippen molar-refractivity contribution in [2.75, 3.05) is 13.2 Å². The predicted octanol–water partition coefficient (Wildman–Crippen LogP) is 1.80. The minimum atomic E-state index is -3.78. The summed E-state index contributed by atoms with van der Waals surface area (Å²) in [4.78, 5) is 12.3. The van der Waals surface area contributed by atoms with Gasteiger partial charge in [0.2, 0.25) is 15.9 Å². The van der Waals surface area contributed by atoms with Crippen molar-refractivity contribution in [2.24, 2.45) is 0 Å². The van der Waals surface area contributed by atoms with Gasteiger partial charge in [0, 0.05) is 13.2 Å². The SMILES string of the molecule is C[C@H](NS(=O)(=O)c1ccc2ccccc2c1)C(=O)NC[C@H]1CCCO1. The highest BCUT2D eigenvalue weighted by Gasteiger charge is 2.23. The van der Waals surface area contributed by atoms with Gasteiger partial charge in [0.15, 0.2) is 0 Å². The number of sulfonamides is 1. The van der Waals surface area contributed by atoms with Crippen molar-refractivity contribution in [2.45, 2.75) is 36.8 Å². The van der Waals surface area contributed by atoms with Crippen LogP contribution in [0.4, 0.5) is 0 Å². The van der Waals surface area contributed by atoms with E-state index in [1.165, 1.54) is 6.92 Å². The van der Waals surface area contributed by atoms with Gasteiger partial charge in [-0.2, -0.15) is 4.72 Å². The fraction of sp³-hybridized carbons (Fsp3) is 0.389. The highest BCUT2D eigenvalue weighted by molar-refractivity contribution is 7.89. The summed E-state index contributed by atoms with van der Waals surface area (Å²) in [5.41, 5.74) is 0. The van der Waals surface area contributed by atoms with Crippen molar-refractivity contribution in [3.63, 3.8) is 0 Å². The van der Waals surface area contributed by atoms with Crippen LogP contribution in [0.15, 0.2) is 47.4 Å². The number of nitrogens with one attached hydrogen (secondary N) is 2. The molecule has 0 unspecified atom stereocenters. The standard InChI is InChI=1S/C18H22N2O4S/c1-13(18(21)19-12-16-7-4-10-24-16)20-25(22,23)17-9-8-14-5-2-3-6-15(14)11-17/h2-3,5-6,8-9,11,13,16,20H,4,7,10,12H2,1H3,(H,19,21)/t13-,16+/m0/s1. The number of carbonyl (C=O) groups is 1. The Balaban J connectivity index is 1.65. The van der Waals surface area contributed by atoms with Crippen molar-refractivity contribution in [1.29, 1.82) is 0 Å². The highest BCUT2D eigenvalue weighted by Crippen LogP contribution is 2.19. The fourth-order valence-corrected chi connectivity index (χ4v) is 4.10. The minimum absolute atomic E-state index is 0.0215. The second-order valence-electron chi connectivity index (χ2n) is 6.23. The average molecular weight is 362 g/mol. The number of ether oxygens (including phenoxy) is 1. The van der Waals surface area contributed by atoms with Crippen LogP contribution in [0.3, 0.4) is 0 Å². The molecule has 1 heterocycles. The largest absolute Gasteiger partial charge is 0.376 e. The van der Waals surface area contributed by atoms with Crippen molar-refractivity contribution in [3.05, 3.63) is 42.5 Å². The van der Waals surface area contributed by atoms with Crippen molar-refractivity contribution < 1.29 is 17.9 Å². The summed E-state index contributed by atoms with van der Waals surface area (Å²) in [7, 11) is -3.78. The van der Waals surface area contributed by atoms with Crippen LogP contribution in [-0.4, -0.2) is 39.6 Å². The normalized spacial score (nSPS) is 19.0. The van der Waals surface area contributed by atoms with Gasteiger partial charge >= 0.3 is 0 Å². The zero-order chi connectivity index (χ0) is 17.9. The van der Waals surface area contributed by atoms with E-state index in [2.05, 4.69) is 10.0 Å². The van der Waals surface area contributed by atoms with Gasteiger partial charge in [-0.3, -0.25) is 4.79 Å². The summed E-state index contributed by atoms with van der Waals surface area (Å²) in [6.07, 6.45) is 1.93. The van der Waals surface area contributed by atoms with Crippen LogP contribution in [0, 0.1) is 0 Å². The van der Waals surface area contributed by atoms with Crippen LogP contribution in [0.2, 0.25) is 0 Å². The van der Waals surface area contributed by atoms with E-state index in [0.29, 0.717) is 13.2 Å². The molecule has 2 N–H and O–H groups in total. The van der Waals surface area contributed by atoms with Gasteiger partial charge in [0.1, 0.15) is 0 Å². The summed E-state index contributed by atoms with van der Waals surface area (Å²) < 4.78 is 32.9. The molecule has 6 nitrogen and oxygen atoms in total. The molecule has 2 aromatic carbocycles. The smallest absolute Gasteiger partial charge is 0.241 e. The molecule has 0 aliphatic carbocycles.